The summed E-state index contributed by atoms with van der Waals surface area (Å²) >= 11 is 2.07. The third-order valence-electron chi connectivity index (χ3n) is 3.94. The predicted octanol–water partition coefficient (Wildman–Crippen LogP) is 3.47. The Morgan fingerprint density at radius 3 is 2.85 bits per heavy atom. The minimum atomic E-state index is 0.375. The number of nitrogens with zero attached hydrogens (tertiary/aromatic N) is 2. The molecule has 1 N–H and O–H groups in total. The average Bonchev–Trinajstić information content (AvgIpc) is 2.60. The molecule has 1 fully saturated rings. The van der Waals surface area contributed by atoms with Gasteiger partial charge in [0.15, 0.2) is 0 Å². The lowest BCUT2D eigenvalue weighted by molar-refractivity contribution is 0.595. The van der Waals surface area contributed by atoms with Gasteiger partial charge in [0.05, 0.1) is 0 Å². The Labute approximate surface area is 127 Å². The quantitative estimate of drug-likeness (QED) is 0.920. The average molecular weight is 293 g/mol. The third-order valence-corrected chi connectivity index (χ3v) is 5.32. The second-order valence-electron chi connectivity index (χ2n) is 6.07. The normalized spacial score (nSPS) is 20.5. The highest BCUT2D eigenvalue weighted by molar-refractivity contribution is 8.00. The van der Waals surface area contributed by atoms with E-state index >= 15 is 0 Å². The summed E-state index contributed by atoms with van der Waals surface area (Å²) in [6.07, 6.45) is 3.24. The molecule has 1 aliphatic rings. The van der Waals surface area contributed by atoms with E-state index in [9.17, 15) is 0 Å². The van der Waals surface area contributed by atoms with Crippen LogP contribution in [0, 0.1) is 0 Å². The molecule has 0 aromatic carbocycles. The molecule has 0 bridgehead atoms. The Morgan fingerprint density at radius 1 is 1.40 bits per heavy atom. The van der Waals surface area contributed by atoms with Gasteiger partial charge in [0.25, 0.3) is 0 Å². The van der Waals surface area contributed by atoms with Gasteiger partial charge in [-0.05, 0) is 31.5 Å². The van der Waals surface area contributed by atoms with E-state index in [1.807, 2.05) is 6.20 Å². The van der Waals surface area contributed by atoms with Gasteiger partial charge in [0.2, 0.25) is 0 Å². The summed E-state index contributed by atoms with van der Waals surface area (Å²) < 4.78 is 0.397. The molecule has 1 aliphatic heterocycles. The van der Waals surface area contributed by atoms with Gasteiger partial charge < -0.3 is 10.2 Å². The second-order valence-corrected chi connectivity index (χ2v) is 7.88. The number of anilines is 1. The summed E-state index contributed by atoms with van der Waals surface area (Å²) in [7, 11) is 0. The molecule has 20 heavy (non-hydrogen) atoms. The number of aromatic nitrogens is 1. The van der Waals surface area contributed by atoms with Gasteiger partial charge in [-0.15, -0.1) is 0 Å². The Kier molecular flexibility index (Phi) is 5.33. The highest BCUT2D eigenvalue weighted by Gasteiger charge is 2.24. The van der Waals surface area contributed by atoms with Crippen molar-refractivity contribution in [2.75, 3.05) is 30.3 Å². The molecule has 1 atom stereocenters. The number of nitrogens with one attached hydrogen (secondary N) is 1. The zero-order valence-electron chi connectivity index (χ0n) is 13.1. The van der Waals surface area contributed by atoms with Crippen LogP contribution in [0.15, 0.2) is 18.3 Å². The lowest BCUT2D eigenvalue weighted by Crippen LogP contribution is -2.27. The predicted molar refractivity (Wildman–Crippen MR) is 89.7 cm³/mol. The minimum Gasteiger partial charge on any atom is -0.356 e. The first-order valence-electron chi connectivity index (χ1n) is 7.60. The standard InChI is InChI=1S/C16H27N3S/c1-5-17-13(2)14-6-7-15(18-12-14)19-9-8-16(3,4)20-11-10-19/h6-7,12-13,17H,5,8-11H2,1-4H3. The molecule has 1 saturated heterocycles. The summed E-state index contributed by atoms with van der Waals surface area (Å²) in [5.74, 6) is 2.31. The molecule has 0 aliphatic carbocycles. The van der Waals surface area contributed by atoms with Crippen molar-refractivity contribution in [3.05, 3.63) is 23.9 Å². The van der Waals surface area contributed by atoms with Crippen molar-refractivity contribution in [3.63, 3.8) is 0 Å². The van der Waals surface area contributed by atoms with Crippen molar-refractivity contribution < 1.29 is 0 Å². The van der Waals surface area contributed by atoms with E-state index in [0.29, 0.717) is 10.8 Å². The SMILES string of the molecule is CCNC(C)c1ccc(N2CCSC(C)(C)CC2)nc1. The highest BCUT2D eigenvalue weighted by atomic mass is 32.2. The lowest BCUT2D eigenvalue weighted by atomic mass is 10.1. The van der Waals surface area contributed by atoms with E-state index in [4.69, 9.17) is 0 Å². The van der Waals surface area contributed by atoms with Crippen LogP contribution in [0.5, 0.6) is 0 Å². The molecule has 1 unspecified atom stereocenters. The number of hydrogen-bond donors (Lipinski definition) is 1. The Balaban J connectivity index is 2.02. The van der Waals surface area contributed by atoms with Crippen LogP contribution in [0.2, 0.25) is 0 Å². The van der Waals surface area contributed by atoms with Gasteiger partial charge in [0, 0.05) is 35.8 Å². The lowest BCUT2D eigenvalue weighted by Gasteiger charge is -2.23. The second kappa shape index (κ2) is 6.81. The minimum absolute atomic E-state index is 0.375. The molecule has 112 valence electrons. The van der Waals surface area contributed by atoms with Gasteiger partial charge in [0.1, 0.15) is 5.82 Å². The molecule has 3 nitrogen and oxygen atoms in total. The van der Waals surface area contributed by atoms with Crippen LogP contribution in [-0.2, 0) is 0 Å². The summed E-state index contributed by atoms with van der Waals surface area (Å²) in [6.45, 7) is 12.2. The van der Waals surface area contributed by atoms with Crippen molar-refractivity contribution in [2.45, 2.75) is 44.9 Å². The molecule has 0 amide bonds. The molecule has 1 aromatic rings. The maximum atomic E-state index is 4.67. The molecule has 2 heterocycles. The van der Waals surface area contributed by atoms with E-state index in [0.717, 1.165) is 25.5 Å². The van der Waals surface area contributed by atoms with E-state index in [1.54, 1.807) is 0 Å². The summed E-state index contributed by atoms with van der Waals surface area (Å²) in [5.41, 5.74) is 1.26. The molecule has 4 heteroatoms. The van der Waals surface area contributed by atoms with Crippen molar-refractivity contribution >= 4 is 17.6 Å². The summed E-state index contributed by atoms with van der Waals surface area (Å²) in [5, 5.41) is 3.42. The van der Waals surface area contributed by atoms with Crippen LogP contribution in [0.3, 0.4) is 0 Å². The fourth-order valence-electron chi connectivity index (χ4n) is 2.51. The zero-order chi connectivity index (χ0) is 14.6. The fraction of sp³-hybridized carbons (Fsp3) is 0.688. The molecule has 1 aromatic heterocycles. The van der Waals surface area contributed by atoms with Gasteiger partial charge in [-0.1, -0.05) is 26.8 Å². The first-order chi connectivity index (χ1) is 9.52. The van der Waals surface area contributed by atoms with Gasteiger partial charge in [-0.3, -0.25) is 0 Å². The van der Waals surface area contributed by atoms with Gasteiger partial charge in [-0.25, -0.2) is 4.98 Å². The maximum Gasteiger partial charge on any atom is 0.128 e. The topological polar surface area (TPSA) is 28.2 Å². The largest absolute Gasteiger partial charge is 0.356 e. The molecular formula is C16H27N3S. The van der Waals surface area contributed by atoms with Crippen LogP contribution in [0.4, 0.5) is 5.82 Å². The third kappa shape index (κ3) is 4.13. The van der Waals surface area contributed by atoms with Crippen molar-refractivity contribution in [2.24, 2.45) is 0 Å². The number of hydrogen-bond acceptors (Lipinski definition) is 4. The first kappa shape index (κ1) is 15.6. The monoisotopic (exact) mass is 293 g/mol. The van der Waals surface area contributed by atoms with E-state index in [1.165, 1.54) is 17.7 Å². The fourth-order valence-corrected chi connectivity index (χ4v) is 3.61. The van der Waals surface area contributed by atoms with Crippen molar-refractivity contribution in [1.29, 1.82) is 0 Å². The zero-order valence-corrected chi connectivity index (χ0v) is 14.0. The van der Waals surface area contributed by atoms with E-state index in [2.05, 4.69) is 66.8 Å². The van der Waals surface area contributed by atoms with E-state index in [-0.39, 0.29) is 0 Å². The van der Waals surface area contributed by atoms with Crippen molar-refractivity contribution in [1.82, 2.24) is 10.3 Å². The highest BCUT2D eigenvalue weighted by Crippen LogP contribution is 2.31. The van der Waals surface area contributed by atoms with Crippen LogP contribution in [0.25, 0.3) is 0 Å². The molecular weight excluding hydrogens is 266 g/mol. The Hall–Kier alpha value is -0.740. The smallest absolute Gasteiger partial charge is 0.128 e. The van der Waals surface area contributed by atoms with Crippen LogP contribution < -0.4 is 10.2 Å². The van der Waals surface area contributed by atoms with Crippen LogP contribution in [0.1, 0.15) is 45.7 Å². The maximum absolute atomic E-state index is 4.67. The van der Waals surface area contributed by atoms with Crippen molar-refractivity contribution in [3.8, 4) is 0 Å². The number of rotatable bonds is 4. The van der Waals surface area contributed by atoms with Gasteiger partial charge in [-0.2, -0.15) is 11.8 Å². The summed E-state index contributed by atoms with van der Waals surface area (Å²) in [6, 6.07) is 4.76. The van der Waals surface area contributed by atoms with E-state index < -0.39 is 0 Å². The first-order valence-corrected chi connectivity index (χ1v) is 8.58. The molecule has 2 rings (SSSR count). The molecule has 0 radical (unpaired) electrons. The number of pyridine rings is 1. The Morgan fingerprint density at radius 2 is 2.20 bits per heavy atom. The molecule has 0 spiro atoms. The molecule has 0 saturated carbocycles. The van der Waals surface area contributed by atoms with Gasteiger partial charge >= 0.3 is 0 Å². The number of thioether (sulfide) groups is 1. The van der Waals surface area contributed by atoms with Crippen LogP contribution in [-0.4, -0.2) is 35.1 Å². The van der Waals surface area contributed by atoms with Crippen LogP contribution >= 0.6 is 11.8 Å². The Bertz CT molecular complexity index is 416. The summed E-state index contributed by atoms with van der Waals surface area (Å²) in [4.78, 5) is 7.09.